The minimum atomic E-state index is 0.499. The van der Waals surface area contributed by atoms with Crippen molar-refractivity contribution >= 4 is 0 Å². The fraction of sp³-hybridized carbons (Fsp3) is 0.786. The van der Waals surface area contributed by atoms with Crippen LogP contribution in [0.4, 0.5) is 0 Å². The number of aromatic nitrogens is 6. The van der Waals surface area contributed by atoms with Crippen LogP contribution >= 0.6 is 0 Å². The predicted molar refractivity (Wildman–Crippen MR) is 80.3 cm³/mol. The van der Waals surface area contributed by atoms with Gasteiger partial charge in [0.2, 0.25) is 5.89 Å². The van der Waals surface area contributed by atoms with Gasteiger partial charge < -0.3 is 4.52 Å². The lowest BCUT2D eigenvalue weighted by Crippen LogP contribution is -2.34. The molecule has 4 rings (SSSR count). The second-order valence-corrected chi connectivity index (χ2v) is 6.59. The van der Waals surface area contributed by atoms with Crippen molar-refractivity contribution in [3.8, 4) is 0 Å². The lowest BCUT2D eigenvalue weighted by atomic mass is 10.2. The topological polar surface area (TPSA) is 89.0 Å². The van der Waals surface area contributed by atoms with Crippen molar-refractivity contribution in [1.82, 2.24) is 40.1 Å². The maximum Gasteiger partial charge on any atom is 0.223 e. The second kappa shape index (κ2) is 5.97. The van der Waals surface area contributed by atoms with E-state index in [0.29, 0.717) is 18.0 Å². The van der Waals surface area contributed by atoms with Crippen LogP contribution in [0.5, 0.6) is 0 Å². The summed E-state index contributed by atoms with van der Waals surface area (Å²) >= 11 is 0. The molecular formula is C14H22N8O. The Morgan fingerprint density at radius 2 is 2.17 bits per heavy atom. The minimum Gasteiger partial charge on any atom is -0.340 e. The van der Waals surface area contributed by atoms with Crippen LogP contribution in [-0.2, 0) is 13.1 Å². The van der Waals surface area contributed by atoms with Crippen molar-refractivity contribution in [2.45, 2.75) is 51.4 Å². The van der Waals surface area contributed by atoms with Gasteiger partial charge in [0.05, 0.1) is 19.1 Å². The van der Waals surface area contributed by atoms with Gasteiger partial charge in [-0.3, -0.25) is 9.80 Å². The Labute approximate surface area is 134 Å². The van der Waals surface area contributed by atoms with Gasteiger partial charge in [0.15, 0.2) is 11.6 Å². The van der Waals surface area contributed by atoms with E-state index >= 15 is 0 Å². The Kier molecular flexibility index (Phi) is 3.82. The van der Waals surface area contributed by atoms with Crippen LogP contribution in [0.25, 0.3) is 0 Å². The van der Waals surface area contributed by atoms with Gasteiger partial charge >= 0.3 is 0 Å². The van der Waals surface area contributed by atoms with Crippen molar-refractivity contribution in [3.05, 3.63) is 17.5 Å². The first-order chi connectivity index (χ1) is 11.2. The number of nitrogens with zero attached hydrogens (tertiary/aromatic N) is 8. The summed E-state index contributed by atoms with van der Waals surface area (Å²) < 4.78 is 7.04. The molecule has 0 aromatic carbocycles. The van der Waals surface area contributed by atoms with Crippen LogP contribution in [0, 0.1) is 6.92 Å². The summed E-state index contributed by atoms with van der Waals surface area (Å²) in [4.78, 5) is 9.00. The van der Waals surface area contributed by atoms with Crippen LogP contribution in [0.15, 0.2) is 4.52 Å². The van der Waals surface area contributed by atoms with E-state index in [2.05, 4.69) is 42.5 Å². The summed E-state index contributed by atoms with van der Waals surface area (Å²) in [6, 6.07) is 1.03. The average Bonchev–Trinajstić information content (AvgIpc) is 2.93. The molecule has 2 aliphatic rings. The van der Waals surface area contributed by atoms with Gasteiger partial charge in [0.1, 0.15) is 0 Å². The summed E-state index contributed by atoms with van der Waals surface area (Å²) in [5, 5.41) is 16.1. The maximum absolute atomic E-state index is 5.04. The molecule has 1 atom stereocenters. The Bertz CT molecular complexity index is 663. The minimum absolute atomic E-state index is 0.499. The van der Waals surface area contributed by atoms with E-state index in [1.807, 2.05) is 11.6 Å². The van der Waals surface area contributed by atoms with Gasteiger partial charge in [-0.05, 0) is 36.7 Å². The molecule has 23 heavy (non-hydrogen) atoms. The van der Waals surface area contributed by atoms with Gasteiger partial charge in [-0.25, -0.2) is 4.68 Å². The molecular weight excluding hydrogens is 296 g/mol. The van der Waals surface area contributed by atoms with Crippen LogP contribution < -0.4 is 0 Å². The Morgan fingerprint density at radius 1 is 1.30 bits per heavy atom. The Balaban J connectivity index is 1.32. The third kappa shape index (κ3) is 3.25. The quantitative estimate of drug-likeness (QED) is 0.756. The third-order valence-corrected chi connectivity index (χ3v) is 4.65. The van der Waals surface area contributed by atoms with Gasteiger partial charge in [-0.2, -0.15) is 4.98 Å². The van der Waals surface area contributed by atoms with Crippen LogP contribution in [0.1, 0.15) is 42.8 Å². The molecule has 0 radical (unpaired) electrons. The summed E-state index contributed by atoms with van der Waals surface area (Å²) in [5.41, 5.74) is 0. The van der Waals surface area contributed by atoms with Gasteiger partial charge in [0, 0.05) is 26.1 Å². The fourth-order valence-electron chi connectivity index (χ4n) is 3.19. The SMILES string of the molecule is Cc1nc(CN(C)[C@H]2CCN(Cc3nnnn3C3CC3)C2)no1. The van der Waals surface area contributed by atoms with Gasteiger partial charge in [-0.15, -0.1) is 5.10 Å². The summed E-state index contributed by atoms with van der Waals surface area (Å²) in [5.74, 6) is 2.36. The molecule has 1 saturated heterocycles. The van der Waals surface area contributed by atoms with Crippen molar-refractivity contribution in [3.63, 3.8) is 0 Å². The zero-order valence-electron chi connectivity index (χ0n) is 13.6. The van der Waals surface area contributed by atoms with Crippen molar-refractivity contribution < 1.29 is 4.52 Å². The highest BCUT2D eigenvalue weighted by molar-refractivity contribution is 4.93. The van der Waals surface area contributed by atoms with Crippen LogP contribution in [0.2, 0.25) is 0 Å². The molecule has 0 spiro atoms. The van der Waals surface area contributed by atoms with Gasteiger partial charge in [-0.1, -0.05) is 5.16 Å². The van der Waals surface area contributed by atoms with Gasteiger partial charge in [0.25, 0.3) is 0 Å². The lowest BCUT2D eigenvalue weighted by Gasteiger charge is -2.23. The van der Waals surface area contributed by atoms with E-state index in [1.165, 1.54) is 12.8 Å². The molecule has 2 aromatic heterocycles. The molecule has 9 heteroatoms. The number of tetrazole rings is 1. The molecule has 9 nitrogen and oxygen atoms in total. The molecule has 3 heterocycles. The molecule has 0 N–H and O–H groups in total. The molecule has 124 valence electrons. The molecule has 0 amide bonds. The largest absolute Gasteiger partial charge is 0.340 e. The lowest BCUT2D eigenvalue weighted by molar-refractivity contribution is 0.213. The highest BCUT2D eigenvalue weighted by Gasteiger charge is 2.31. The zero-order valence-corrected chi connectivity index (χ0v) is 13.6. The van der Waals surface area contributed by atoms with Crippen molar-refractivity contribution in [1.29, 1.82) is 0 Å². The smallest absolute Gasteiger partial charge is 0.223 e. The van der Waals surface area contributed by atoms with E-state index in [9.17, 15) is 0 Å². The predicted octanol–water partition coefficient (Wildman–Crippen LogP) is 0.406. The molecule has 1 saturated carbocycles. The van der Waals surface area contributed by atoms with E-state index in [0.717, 1.165) is 44.2 Å². The van der Waals surface area contributed by atoms with E-state index in [-0.39, 0.29) is 0 Å². The Morgan fingerprint density at radius 3 is 2.91 bits per heavy atom. The highest BCUT2D eigenvalue weighted by atomic mass is 16.5. The average molecular weight is 318 g/mol. The van der Waals surface area contributed by atoms with Crippen molar-refractivity contribution in [2.24, 2.45) is 0 Å². The molecule has 2 fully saturated rings. The number of hydrogen-bond donors (Lipinski definition) is 0. The summed E-state index contributed by atoms with van der Waals surface area (Å²) in [7, 11) is 2.12. The first kappa shape index (κ1) is 14.7. The number of rotatable bonds is 6. The van der Waals surface area contributed by atoms with Crippen molar-refractivity contribution in [2.75, 3.05) is 20.1 Å². The zero-order chi connectivity index (χ0) is 15.8. The normalized spacial score (nSPS) is 22.3. The fourth-order valence-corrected chi connectivity index (χ4v) is 3.19. The molecule has 0 unspecified atom stereocenters. The van der Waals surface area contributed by atoms with E-state index in [1.54, 1.807) is 0 Å². The highest BCUT2D eigenvalue weighted by Crippen LogP contribution is 2.34. The molecule has 0 bridgehead atoms. The third-order valence-electron chi connectivity index (χ3n) is 4.65. The summed E-state index contributed by atoms with van der Waals surface area (Å²) in [6.07, 6.45) is 3.54. The van der Waals surface area contributed by atoms with E-state index in [4.69, 9.17) is 4.52 Å². The standard InChI is InChI=1S/C14H22N8O/c1-10-15-13(17-23-10)8-20(2)12-5-6-21(7-12)9-14-16-18-19-22(14)11-3-4-11/h11-12H,3-9H2,1-2H3/t12-/m0/s1. The molecule has 2 aromatic rings. The summed E-state index contributed by atoms with van der Waals surface area (Å²) in [6.45, 7) is 5.45. The second-order valence-electron chi connectivity index (χ2n) is 6.59. The number of aryl methyl sites for hydroxylation is 1. The first-order valence-corrected chi connectivity index (χ1v) is 8.17. The maximum atomic E-state index is 5.04. The molecule has 1 aliphatic carbocycles. The number of hydrogen-bond acceptors (Lipinski definition) is 8. The number of likely N-dealkylation sites (N-methyl/N-ethyl adjacent to an activating group) is 1. The Hall–Kier alpha value is -1.87. The number of likely N-dealkylation sites (tertiary alicyclic amines) is 1. The monoisotopic (exact) mass is 318 g/mol. The van der Waals surface area contributed by atoms with E-state index < -0.39 is 0 Å². The first-order valence-electron chi connectivity index (χ1n) is 8.17. The van der Waals surface area contributed by atoms with Crippen LogP contribution in [0.3, 0.4) is 0 Å². The molecule has 1 aliphatic heterocycles. The van der Waals surface area contributed by atoms with Crippen LogP contribution in [-0.4, -0.2) is 66.3 Å².